The molecule has 0 aromatic heterocycles. The van der Waals surface area contributed by atoms with Gasteiger partial charge >= 0.3 is 11.9 Å². The first kappa shape index (κ1) is 13.9. The molecule has 0 amide bonds. The van der Waals surface area contributed by atoms with E-state index in [1.54, 1.807) is 20.8 Å². The van der Waals surface area contributed by atoms with Gasteiger partial charge in [-0.1, -0.05) is 0 Å². The van der Waals surface area contributed by atoms with Crippen LogP contribution in [0.3, 0.4) is 0 Å². The molecular formula is C9H17NO5. The zero-order chi connectivity index (χ0) is 12.3. The minimum Gasteiger partial charge on any atom is -0.479 e. The second-order valence-electron chi connectivity index (χ2n) is 4.21. The van der Waals surface area contributed by atoms with Crippen molar-refractivity contribution in [1.29, 1.82) is 0 Å². The van der Waals surface area contributed by atoms with E-state index < -0.39 is 23.1 Å². The van der Waals surface area contributed by atoms with Gasteiger partial charge in [0.15, 0.2) is 0 Å². The number of carbonyl (C=O) groups excluding carboxylic acids is 1. The van der Waals surface area contributed by atoms with Crippen LogP contribution in [0, 0.1) is 0 Å². The van der Waals surface area contributed by atoms with Gasteiger partial charge in [-0.2, -0.15) is 0 Å². The third-order valence-corrected chi connectivity index (χ3v) is 1.60. The fourth-order valence-corrected chi connectivity index (χ4v) is 0.868. The van der Waals surface area contributed by atoms with Gasteiger partial charge in [0, 0.05) is 6.42 Å². The minimum absolute atomic E-state index is 0.123. The number of rotatable bonds is 4. The molecule has 4 N–H and O–H groups in total. The summed E-state index contributed by atoms with van der Waals surface area (Å²) >= 11 is 0. The molecule has 6 nitrogen and oxygen atoms in total. The van der Waals surface area contributed by atoms with E-state index in [0.29, 0.717) is 0 Å². The molecule has 0 radical (unpaired) electrons. The maximum absolute atomic E-state index is 11.4. The third kappa shape index (κ3) is 3.85. The topological polar surface area (TPSA) is 110 Å². The van der Waals surface area contributed by atoms with Crippen molar-refractivity contribution in [3.05, 3.63) is 0 Å². The third-order valence-electron chi connectivity index (χ3n) is 1.60. The summed E-state index contributed by atoms with van der Waals surface area (Å²) in [4.78, 5) is 22.1. The smallest absolute Gasteiger partial charge is 0.350 e. The lowest BCUT2D eigenvalue weighted by Gasteiger charge is -2.26. The van der Waals surface area contributed by atoms with Gasteiger partial charge in [0.25, 0.3) is 5.60 Å². The van der Waals surface area contributed by atoms with Crippen molar-refractivity contribution in [1.82, 2.24) is 0 Å². The first-order chi connectivity index (χ1) is 6.63. The van der Waals surface area contributed by atoms with Crippen molar-refractivity contribution < 1.29 is 24.5 Å². The van der Waals surface area contributed by atoms with E-state index in [9.17, 15) is 14.7 Å². The zero-order valence-corrected chi connectivity index (χ0v) is 9.11. The molecule has 88 valence electrons. The van der Waals surface area contributed by atoms with Crippen molar-refractivity contribution in [2.24, 2.45) is 5.73 Å². The highest BCUT2D eigenvalue weighted by Gasteiger charge is 2.46. The second kappa shape index (κ2) is 4.59. The molecule has 0 aliphatic rings. The zero-order valence-electron chi connectivity index (χ0n) is 9.11. The summed E-state index contributed by atoms with van der Waals surface area (Å²) in [5.41, 5.74) is 1.72. The Morgan fingerprint density at radius 3 is 2.07 bits per heavy atom. The lowest BCUT2D eigenvalue weighted by atomic mass is 10.00. The van der Waals surface area contributed by atoms with Gasteiger partial charge in [0.1, 0.15) is 5.60 Å². The summed E-state index contributed by atoms with van der Waals surface area (Å²) in [6, 6.07) is 0. The second-order valence-corrected chi connectivity index (χ2v) is 4.21. The number of carboxylic acid groups (broad SMARTS) is 1. The van der Waals surface area contributed by atoms with E-state index in [0.717, 1.165) is 0 Å². The Morgan fingerprint density at radius 2 is 1.80 bits per heavy atom. The van der Waals surface area contributed by atoms with Gasteiger partial charge in [0.05, 0.1) is 0 Å². The largest absolute Gasteiger partial charge is 0.479 e. The number of ether oxygens (including phenoxy) is 1. The Labute approximate surface area is 88.0 Å². The molecule has 6 heteroatoms. The Kier molecular flexibility index (Phi) is 4.24. The predicted molar refractivity (Wildman–Crippen MR) is 52.1 cm³/mol. The number of hydrogen-bond acceptors (Lipinski definition) is 5. The van der Waals surface area contributed by atoms with Gasteiger partial charge in [-0.3, -0.25) is 0 Å². The maximum atomic E-state index is 11.4. The van der Waals surface area contributed by atoms with E-state index >= 15 is 0 Å². The molecule has 0 saturated carbocycles. The monoisotopic (exact) mass is 219 g/mol. The summed E-state index contributed by atoms with van der Waals surface area (Å²) in [5, 5.41) is 18.3. The minimum atomic E-state index is -2.55. The average Bonchev–Trinajstić information content (AvgIpc) is 2.00. The van der Waals surface area contributed by atoms with Crippen LogP contribution in [0.1, 0.15) is 27.2 Å². The summed E-state index contributed by atoms with van der Waals surface area (Å²) in [6.07, 6.45) is -0.378. The number of carboxylic acids is 1. The first-order valence-electron chi connectivity index (χ1n) is 4.53. The summed E-state index contributed by atoms with van der Waals surface area (Å²) < 4.78 is 4.79. The quantitative estimate of drug-likeness (QED) is 0.434. The highest BCUT2D eigenvalue weighted by Crippen LogP contribution is 2.17. The molecule has 0 heterocycles. The molecule has 0 unspecified atom stereocenters. The van der Waals surface area contributed by atoms with Crippen molar-refractivity contribution in [2.75, 3.05) is 6.54 Å². The van der Waals surface area contributed by atoms with Crippen LogP contribution >= 0.6 is 0 Å². The molecule has 1 atom stereocenters. The van der Waals surface area contributed by atoms with Gasteiger partial charge < -0.3 is 20.7 Å². The van der Waals surface area contributed by atoms with E-state index in [1.165, 1.54) is 0 Å². The summed E-state index contributed by atoms with van der Waals surface area (Å²) in [7, 11) is 0. The molecule has 0 bridgehead atoms. The molecule has 0 aromatic carbocycles. The fraction of sp³-hybridized carbons (Fsp3) is 0.778. The number of carbonyl (C=O) groups is 2. The van der Waals surface area contributed by atoms with E-state index in [2.05, 4.69) is 0 Å². The molecule has 0 spiro atoms. The van der Waals surface area contributed by atoms with Gasteiger partial charge in [-0.05, 0) is 27.3 Å². The van der Waals surface area contributed by atoms with Crippen LogP contribution in [-0.2, 0) is 14.3 Å². The van der Waals surface area contributed by atoms with Gasteiger partial charge in [-0.15, -0.1) is 0 Å². The molecular weight excluding hydrogens is 202 g/mol. The van der Waals surface area contributed by atoms with Gasteiger partial charge in [0.2, 0.25) is 0 Å². The lowest BCUT2D eigenvalue weighted by Crippen LogP contribution is -2.51. The molecule has 0 saturated heterocycles. The number of hydrogen-bond donors (Lipinski definition) is 3. The molecule has 0 aliphatic heterocycles. The van der Waals surface area contributed by atoms with Crippen molar-refractivity contribution >= 4 is 11.9 Å². The summed E-state index contributed by atoms with van der Waals surface area (Å²) in [6.45, 7) is 4.61. The van der Waals surface area contributed by atoms with Crippen LogP contribution in [0.25, 0.3) is 0 Å². The molecule has 15 heavy (non-hydrogen) atoms. The lowest BCUT2D eigenvalue weighted by molar-refractivity contribution is -0.188. The highest BCUT2D eigenvalue weighted by atomic mass is 16.6. The van der Waals surface area contributed by atoms with Crippen molar-refractivity contribution in [3.63, 3.8) is 0 Å². The number of nitrogens with two attached hydrogens (primary N) is 1. The number of aliphatic hydroxyl groups is 1. The molecule has 0 fully saturated rings. The van der Waals surface area contributed by atoms with Crippen LogP contribution in [0.15, 0.2) is 0 Å². The molecule has 0 aliphatic carbocycles. The van der Waals surface area contributed by atoms with Crippen LogP contribution in [0.2, 0.25) is 0 Å². The standard InChI is InChI=1S/C9H17NO5/c1-8(2,3)15-7(13)9(14,4-5-10)6(11)12/h14H,4-5,10H2,1-3H3,(H,11,12)/t9-/m0/s1. The van der Waals surface area contributed by atoms with Crippen LogP contribution in [0.5, 0.6) is 0 Å². The number of aliphatic carboxylic acids is 1. The van der Waals surface area contributed by atoms with E-state index in [-0.39, 0.29) is 13.0 Å². The number of esters is 1. The molecule has 0 aromatic rings. The first-order valence-corrected chi connectivity index (χ1v) is 4.53. The van der Waals surface area contributed by atoms with Crippen LogP contribution < -0.4 is 5.73 Å². The van der Waals surface area contributed by atoms with Crippen molar-refractivity contribution in [3.8, 4) is 0 Å². The Morgan fingerprint density at radius 1 is 1.33 bits per heavy atom. The summed E-state index contributed by atoms with van der Waals surface area (Å²) in [5.74, 6) is -2.84. The highest BCUT2D eigenvalue weighted by molar-refractivity contribution is 6.02. The fourth-order valence-electron chi connectivity index (χ4n) is 0.868. The predicted octanol–water partition coefficient (Wildman–Crippen LogP) is -0.507. The maximum Gasteiger partial charge on any atom is 0.350 e. The Hall–Kier alpha value is -1.14. The normalized spacial score (nSPS) is 15.5. The van der Waals surface area contributed by atoms with Crippen LogP contribution in [-0.4, -0.2) is 39.9 Å². The Bertz CT molecular complexity index is 258. The average molecular weight is 219 g/mol. The van der Waals surface area contributed by atoms with E-state index in [4.69, 9.17) is 15.6 Å². The SMILES string of the molecule is CC(C)(C)OC(=O)[C@](O)(CCN)C(=O)O. The Balaban J connectivity index is 4.79. The van der Waals surface area contributed by atoms with Crippen LogP contribution in [0.4, 0.5) is 0 Å². The van der Waals surface area contributed by atoms with Crippen molar-refractivity contribution in [2.45, 2.75) is 38.4 Å². The van der Waals surface area contributed by atoms with E-state index in [1.807, 2.05) is 0 Å². The molecule has 0 rings (SSSR count). The van der Waals surface area contributed by atoms with Gasteiger partial charge in [-0.25, -0.2) is 9.59 Å².